The van der Waals surface area contributed by atoms with Crippen LogP contribution in [0.15, 0.2) is 76.6 Å². The van der Waals surface area contributed by atoms with Gasteiger partial charge in [-0.05, 0) is 67.9 Å². The van der Waals surface area contributed by atoms with E-state index in [0.717, 1.165) is 17.0 Å². The summed E-state index contributed by atoms with van der Waals surface area (Å²) >= 11 is 7.50. The summed E-state index contributed by atoms with van der Waals surface area (Å²) < 4.78 is 7.34. The molecule has 0 aliphatic rings. The van der Waals surface area contributed by atoms with Gasteiger partial charge in [0, 0.05) is 23.6 Å². The van der Waals surface area contributed by atoms with Gasteiger partial charge in [0.2, 0.25) is 5.91 Å². The second-order valence-corrected chi connectivity index (χ2v) is 8.99. The molecule has 2 heterocycles. The Bertz CT molecular complexity index is 1310. The van der Waals surface area contributed by atoms with Crippen molar-refractivity contribution in [2.45, 2.75) is 25.5 Å². The highest BCUT2D eigenvalue weighted by molar-refractivity contribution is 7.99. The normalized spacial score (nSPS) is 10.8. The van der Waals surface area contributed by atoms with Crippen LogP contribution in [-0.4, -0.2) is 27.1 Å². The van der Waals surface area contributed by atoms with E-state index < -0.39 is 0 Å². The van der Waals surface area contributed by atoms with Crippen LogP contribution in [0, 0.1) is 13.8 Å². The molecule has 0 aliphatic carbocycles. The third-order valence-electron chi connectivity index (χ3n) is 4.96. The van der Waals surface area contributed by atoms with Gasteiger partial charge in [0.1, 0.15) is 11.5 Å². The average molecular weight is 495 g/mol. The Kier molecular flexibility index (Phi) is 7.40. The Hall–Kier alpha value is -3.49. The number of amides is 2. The standard InChI is InChI=1S/C25H23ClN4O3S/c1-16-3-10-22(21(26)13-16)29-23(31)15-34-25-27-11-12-30(25)19-7-5-18(6-8-19)24(32)28-14-20-9-4-17(2)33-20/h3-13H,14-15H2,1-2H3,(H,28,32)(H,29,31). The monoisotopic (exact) mass is 494 g/mol. The summed E-state index contributed by atoms with van der Waals surface area (Å²) in [6.07, 6.45) is 3.48. The molecule has 0 radical (unpaired) electrons. The first-order valence-corrected chi connectivity index (χ1v) is 11.9. The lowest BCUT2D eigenvalue weighted by atomic mass is 10.2. The second kappa shape index (κ2) is 10.6. The Morgan fingerprint density at radius 3 is 2.59 bits per heavy atom. The molecule has 0 spiro atoms. The van der Waals surface area contributed by atoms with E-state index in [0.29, 0.717) is 33.7 Å². The van der Waals surface area contributed by atoms with Gasteiger partial charge >= 0.3 is 0 Å². The van der Waals surface area contributed by atoms with Crippen LogP contribution in [-0.2, 0) is 11.3 Å². The van der Waals surface area contributed by atoms with Gasteiger partial charge in [0.05, 0.1) is 23.0 Å². The number of benzene rings is 2. The quantitative estimate of drug-likeness (QED) is 0.320. The first kappa shape index (κ1) is 23.7. The molecule has 2 N–H and O–H groups in total. The number of nitrogens with one attached hydrogen (secondary N) is 2. The van der Waals surface area contributed by atoms with E-state index in [1.54, 1.807) is 30.5 Å². The third-order valence-corrected chi connectivity index (χ3v) is 6.24. The molecule has 2 amide bonds. The Morgan fingerprint density at radius 1 is 1.09 bits per heavy atom. The van der Waals surface area contributed by atoms with Crippen molar-refractivity contribution in [1.82, 2.24) is 14.9 Å². The number of carbonyl (C=O) groups is 2. The molecule has 4 rings (SSSR count). The highest BCUT2D eigenvalue weighted by Gasteiger charge is 2.12. The van der Waals surface area contributed by atoms with Crippen LogP contribution in [0.5, 0.6) is 0 Å². The maximum atomic E-state index is 12.4. The number of furan rings is 1. The summed E-state index contributed by atoms with van der Waals surface area (Å²) in [7, 11) is 0. The van der Waals surface area contributed by atoms with E-state index in [4.69, 9.17) is 16.0 Å². The number of nitrogens with zero attached hydrogens (tertiary/aromatic N) is 2. The van der Waals surface area contributed by atoms with E-state index in [2.05, 4.69) is 15.6 Å². The van der Waals surface area contributed by atoms with Gasteiger partial charge in [-0.3, -0.25) is 14.2 Å². The lowest BCUT2D eigenvalue weighted by molar-refractivity contribution is -0.113. The van der Waals surface area contributed by atoms with Crippen molar-refractivity contribution in [1.29, 1.82) is 0 Å². The van der Waals surface area contributed by atoms with E-state index in [9.17, 15) is 9.59 Å². The van der Waals surface area contributed by atoms with Crippen molar-refractivity contribution in [2.24, 2.45) is 0 Å². The second-order valence-electron chi connectivity index (χ2n) is 7.64. The summed E-state index contributed by atoms with van der Waals surface area (Å²) in [5.74, 6) is 1.32. The number of hydrogen-bond donors (Lipinski definition) is 2. The van der Waals surface area contributed by atoms with E-state index >= 15 is 0 Å². The number of halogens is 1. The van der Waals surface area contributed by atoms with Crippen LogP contribution in [0.4, 0.5) is 5.69 Å². The van der Waals surface area contributed by atoms with Crippen molar-refractivity contribution in [3.63, 3.8) is 0 Å². The summed E-state index contributed by atoms with van der Waals surface area (Å²) in [5.41, 5.74) is 2.98. The molecule has 4 aromatic rings. The molecule has 9 heteroatoms. The van der Waals surface area contributed by atoms with E-state index in [1.807, 2.05) is 54.9 Å². The summed E-state index contributed by atoms with van der Waals surface area (Å²) in [4.78, 5) is 29.2. The number of rotatable bonds is 8. The van der Waals surface area contributed by atoms with Crippen molar-refractivity contribution < 1.29 is 14.0 Å². The van der Waals surface area contributed by atoms with E-state index in [1.165, 1.54) is 11.8 Å². The molecule has 2 aromatic heterocycles. The zero-order chi connectivity index (χ0) is 24.1. The molecule has 0 atom stereocenters. The molecule has 2 aromatic carbocycles. The maximum Gasteiger partial charge on any atom is 0.251 e. The Morgan fingerprint density at radius 2 is 1.88 bits per heavy atom. The Balaban J connectivity index is 1.35. The molecule has 0 unspecified atom stereocenters. The van der Waals surface area contributed by atoms with Gasteiger partial charge in [-0.25, -0.2) is 4.98 Å². The lowest BCUT2D eigenvalue weighted by Gasteiger charge is -2.10. The molecule has 0 bridgehead atoms. The van der Waals surface area contributed by atoms with Crippen LogP contribution in [0.25, 0.3) is 5.69 Å². The molecule has 7 nitrogen and oxygen atoms in total. The molecule has 0 saturated carbocycles. The van der Waals surface area contributed by atoms with Gasteiger partial charge in [-0.2, -0.15) is 0 Å². The van der Waals surface area contributed by atoms with E-state index in [-0.39, 0.29) is 17.6 Å². The number of anilines is 1. The number of imidazole rings is 1. The van der Waals surface area contributed by atoms with Gasteiger partial charge in [-0.1, -0.05) is 29.4 Å². The molecule has 174 valence electrons. The molecule has 34 heavy (non-hydrogen) atoms. The number of aromatic nitrogens is 2. The number of thioether (sulfide) groups is 1. The SMILES string of the molecule is Cc1ccc(NC(=O)CSc2nccn2-c2ccc(C(=O)NCc3ccc(C)o3)cc2)c(Cl)c1. The molecular weight excluding hydrogens is 472 g/mol. The smallest absolute Gasteiger partial charge is 0.251 e. The fraction of sp³-hybridized carbons (Fsp3) is 0.160. The van der Waals surface area contributed by atoms with Gasteiger partial charge < -0.3 is 15.1 Å². The van der Waals surface area contributed by atoms with Crippen LogP contribution < -0.4 is 10.6 Å². The zero-order valence-electron chi connectivity index (χ0n) is 18.7. The molecule has 0 fully saturated rings. The predicted molar refractivity (Wildman–Crippen MR) is 134 cm³/mol. The minimum Gasteiger partial charge on any atom is -0.465 e. The third kappa shape index (κ3) is 5.89. The largest absolute Gasteiger partial charge is 0.465 e. The first-order chi connectivity index (χ1) is 16.4. The van der Waals surface area contributed by atoms with Gasteiger partial charge in [0.25, 0.3) is 5.91 Å². The maximum absolute atomic E-state index is 12.4. The Labute approximate surface area is 206 Å². The predicted octanol–water partition coefficient (Wildman–Crippen LogP) is 5.40. The topological polar surface area (TPSA) is 89.2 Å². The van der Waals surface area contributed by atoms with Crippen LogP contribution in [0.3, 0.4) is 0 Å². The fourth-order valence-corrected chi connectivity index (χ4v) is 4.31. The van der Waals surface area contributed by atoms with Gasteiger partial charge in [0.15, 0.2) is 5.16 Å². The summed E-state index contributed by atoms with van der Waals surface area (Å²) in [5, 5.41) is 6.83. The molecular formula is C25H23ClN4O3S. The van der Waals surface area contributed by atoms with Crippen LogP contribution >= 0.6 is 23.4 Å². The average Bonchev–Trinajstić information content (AvgIpc) is 3.47. The number of hydrogen-bond acceptors (Lipinski definition) is 5. The van der Waals surface area contributed by atoms with Crippen molar-refractivity contribution in [3.8, 4) is 5.69 Å². The summed E-state index contributed by atoms with van der Waals surface area (Å²) in [6.45, 7) is 4.12. The minimum atomic E-state index is -0.188. The molecule has 0 aliphatic heterocycles. The molecule has 0 saturated heterocycles. The summed E-state index contributed by atoms with van der Waals surface area (Å²) in [6, 6.07) is 16.4. The number of aryl methyl sites for hydroxylation is 2. The minimum absolute atomic E-state index is 0.175. The van der Waals surface area contributed by atoms with Crippen molar-refractivity contribution in [2.75, 3.05) is 11.1 Å². The van der Waals surface area contributed by atoms with Crippen molar-refractivity contribution in [3.05, 3.63) is 94.7 Å². The highest BCUT2D eigenvalue weighted by Crippen LogP contribution is 2.24. The number of carbonyl (C=O) groups excluding carboxylic acids is 2. The zero-order valence-corrected chi connectivity index (χ0v) is 20.2. The van der Waals surface area contributed by atoms with Gasteiger partial charge in [-0.15, -0.1) is 0 Å². The van der Waals surface area contributed by atoms with Crippen molar-refractivity contribution >= 4 is 40.9 Å². The fourth-order valence-electron chi connectivity index (χ4n) is 3.25. The lowest BCUT2D eigenvalue weighted by Crippen LogP contribution is -2.22. The highest BCUT2D eigenvalue weighted by atomic mass is 35.5. The van der Waals surface area contributed by atoms with Crippen LogP contribution in [0.2, 0.25) is 5.02 Å². The first-order valence-electron chi connectivity index (χ1n) is 10.5. The van der Waals surface area contributed by atoms with Crippen LogP contribution in [0.1, 0.15) is 27.4 Å².